The van der Waals surface area contributed by atoms with Gasteiger partial charge in [0.15, 0.2) is 5.96 Å². The summed E-state index contributed by atoms with van der Waals surface area (Å²) in [6.45, 7) is 2.38. The number of nitrogens with two attached hydrogens (primary N) is 3. The SMILES string of the molecule is CCCCC(NC(C)=O)C(=O)NC1CCNC(=O)CCC(=O)NCC(C(=O)NC(Cc2c[nH]c3ccccc23)C(N)=O)NC(=O)C(CCCN=C(N)N)NC(=O)C(Cc2ccccc2)NC(=O)C(Cc2cnc[nH]2)NC1=O. The standard InChI is InChI=1S/C51H70N16O10/c1-3-4-14-35(61-29(2)68)45(72)63-37-19-21-56-42(69)17-18-43(70)59-27-41(50(77)64-38(44(52)71)23-31-25-58-34-15-9-8-13-33(31)34)67-46(73)36(16-10-20-57-51(53)54)62-48(75)39(22-30-11-6-5-7-12-30)65-49(76)40(66-47(37)74)24-32-26-55-28-60-32/h5-9,11-13,15,25-26,28,35-41,58H,3-4,10,14,16-24,27H2,1-2H3,(H2,52,71)(H,55,60)(H,56,69)(H,59,70)(H,61,68)(H,62,75)(H,63,72)(H,64,77)(H,65,76)(H,66,74)(H,67,73)(H4,53,54,57). The number of carbonyl (C=O) groups excluding carboxylic acids is 10. The molecule has 7 atom stereocenters. The average molecular weight is 1070 g/mol. The predicted molar refractivity (Wildman–Crippen MR) is 282 cm³/mol. The molecular formula is C51H70N16O10. The minimum atomic E-state index is -1.61. The van der Waals surface area contributed by atoms with Gasteiger partial charge < -0.3 is 75.0 Å². The molecule has 1 fully saturated rings. The number of rotatable bonds is 19. The first-order valence-electron chi connectivity index (χ1n) is 25.4. The molecule has 10 amide bonds. The molecule has 0 bridgehead atoms. The van der Waals surface area contributed by atoms with Crippen molar-refractivity contribution in [2.24, 2.45) is 22.2 Å². The summed E-state index contributed by atoms with van der Waals surface area (Å²) in [7, 11) is 0. The predicted octanol–water partition coefficient (Wildman–Crippen LogP) is -2.52. The second-order valence-electron chi connectivity index (χ2n) is 18.6. The number of benzene rings is 2. The summed E-state index contributed by atoms with van der Waals surface area (Å²) in [6, 6.07) is 6.20. The number of imidazole rings is 1. The molecular weight excluding hydrogens is 997 g/mol. The van der Waals surface area contributed by atoms with Crippen LogP contribution in [0.1, 0.15) is 82.0 Å². The molecule has 0 spiro atoms. The van der Waals surface area contributed by atoms with Crippen molar-refractivity contribution in [2.75, 3.05) is 19.6 Å². The zero-order valence-corrected chi connectivity index (χ0v) is 43.1. The van der Waals surface area contributed by atoms with Crippen molar-refractivity contribution < 1.29 is 47.9 Å². The number of aliphatic imine (C=N–C) groups is 1. The smallest absolute Gasteiger partial charge is 0.245 e. The van der Waals surface area contributed by atoms with Gasteiger partial charge in [0.25, 0.3) is 0 Å². The lowest BCUT2D eigenvalue weighted by Crippen LogP contribution is -2.61. The molecule has 3 heterocycles. The third-order valence-electron chi connectivity index (χ3n) is 12.5. The largest absolute Gasteiger partial charge is 0.370 e. The maximum atomic E-state index is 14.7. The molecule has 7 unspecified atom stereocenters. The third kappa shape index (κ3) is 19.4. The van der Waals surface area contributed by atoms with E-state index >= 15 is 0 Å². The molecule has 26 nitrogen and oxygen atoms in total. The van der Waals surface area contributed by atoms with Crippen LogP contribution in [0.15, 0.2) is 78.3 Å². The lowest BCUT2D eigenvalue weighted by atomic mass is 10.0. The van der Waals surface area contributed by atoms with Gasteiger partial charge >= 0.3 is 0 Å². The van der Waals surface area contributed by atoms with E-state index in [-0.39, 0.29) is 70.4 Å². The number of fused-ring (bicyclic) bond motifs is 1. The second kappa shape index (κ2) is 29.9. The number of hydrogen-bond donors (Lipinski definition) is 14. The number of hydrogen-bond acceptors (Lipinski definition) is 12. The van der Waals surface area contributed by atoms with Crippen LogP contribution in [-0.4, -0.2) is 142 Å². The number of unbranched alkanes of at least 4 members (excludes halogenated alkanes) is 1. The van der Waals surface area contributed by atoms with E-state index in [4.69, 9.17) is 17.2 Å². The quantitative estimate of drug-likeness (QED) is 0.0262. The first kappa shape index (κ1) is 59.0. The minimum absolute atomic E-state index is 0.0108. The Morgan fingerprint density at radius 2 is 1.42 bits per heavy atom. The molecule has 5 rings (SSSR count). The van der Waals surface area contributed by atoms with Crippen LogP contribution >= 0.6 is 0 Å². The number of nitrogens with one attached hydrogen (secondary N) is 11. The Balaban J connectivity index is 1.51. The fourth-order valence-corrected chi connectivity index (χ4v) is 8.41. The zero-order valence-electron chi connectivity index (χ0n) is 43.1. The molecule has 0 radical (unpaired) electrons. The topological polar surface area (TPSA) is 414 Å². The van der Waals surface area contributed by atoms with E-state index in [9.17, 15) is 47.9 Å². The molecule has 1 saturated heterocycles. The van der Waals surface area contributed by atoms with Crippen molar-refractivity contribution in [3.63, 3.8) is 0 Å². The van der Waals surface area contributed by atoms with Crippen LogP contribution in [0.5, 0.6) is 0 Å². The normalized spacial score (nSPS) is 20.2. The molecule has 2 aromatic carbocycles. The van der Waals surface area contributed by atoms with E-state index < -0.39 is 114 Å². The summed E-state index contributed by atoms with van der Waals surface area (Å²) in [5.74, 6) is -8.11. The molecule has 4 aromatic rings. The summed E-state index contributed by atoms with van der Waals surface area (Å²) >= 11 is 0. The van der Waals surface area contributed by atoms with E-state index in [1.165, 1.54) is 19.4 Å². The molecule has 2 aromatic heterocycles. The average Bonchev–Trinajstić information content (AvgIpc) is 4.07. The van der Waals surface area contributed by atoms with Crippen LogP contribution in [0.4, 0.5) is 0 Å². The van der Waals surface area contributed by atoms with Crippen LogP contribution < -0.4 is 65.1 Å². The van der Waals surface area contributed by atoms with Gasteiger partial charge in [-0.25, -0.2) is 4.98 Å². The Hall–Kier alpha value is -8.84. The highest BCUT2D eigenvalue weighted by molar-refractivity contribution is 5.98. The number of amides is 10. The number of carbonyl (C=O) groups is 10. The van der Waals surface area contributed by atoms with Gasteiger partial charge in [-0.15, -0.1) is 0 Å². The maximum Gasteiger partial charge on any atom is 0.245 e. The third-order valence-corrected chi connectivity index (χ3v) is 12.5. The number of guanidine groups is 1. The first-order chi connectivity index (χ1) is 36.9. The van der Waals surface area contributed by atoms with Gasteiger partial charge in [-0.2, -0.15) is 0 Å². The summed E-state index contributed by atoms with van der Waals surface area (Å²) in [4.78, 5) is 152. The lowest BCUT2D eigenvalue weighted by molar-refractivity contribution is -0.136. The van der Waals surface area contributed by atoms with Gasteiger partial charge in [-0.05, 0) is 42.9 Å². The maximum absolute atomic E-state index is 14.7. The Morgan fingerprint density at radius 3 is 2.09 bits per heavy atom. The molecule has 0 saturated carbocycles. The van der Waals surface area contributed by atoms with E-state index in [0.717, 1.165) is 10.9 Å². The number of aromatic amines is 2. The van der Waals surface area contributed by atoms with Gasteiger partial charge in [0.2, 0.25) is 59.1 Å². The van der Waals surface area contributed by atoms with E-state index in [0.29, 0.717) is 29.7 Å². The van der Waals surface area contributed by atoms with Crippen LogP contribution in [0.3, 0.4) is 0 Å². The number of primary amides is 1. The van der Waals surface area contributed by atoms with Gasteiger partial charge in [0, 0.05) is 87.7 Å². The summed E-state index contributed by atoms with van der Waals surface area (Å²) < 4.78 is 0. The van der Waals surface area contributed by atoms with Gasteiger partial charge in [-0.3, -0.25) is 52.9 Å². The van der Waals surface area contributed by atoms with Gasteiger partial charge in [-0.1, -0.05) is 68.3 Å². The lowest BCUT2D eigenvalue weighted by Gasteiger charge is -2.28. The first-order valence-corrected chi connectivity index (χ1v) is 25.4. The fourth-order valence-electron chi connectivity index (χ4n) is 8.41. The summed E-state index contributed by atoms with van der Waals surface area (Å²) in [6.07, 6.45) is 4.53. The fraction of sp³-hybridized carbons (Fsp3) is 0.451. The van der Waals surface area contributed by atoms with Crippen LogP contribution in [0.2, 0.25) is 0 Å². The Kier molecular flexibility index (Phi) is 22.9. The summed E-state index contributed by atoms with van der Waals surface area (Å²) in [5.41, 5.74) is 19.3. The monoisotopic (exact) mass is 1070 g/mol. The van der Waals surface area contributed by atoms with Crippen LogP contribution in [0.25, 0.3) is 10.9 Å². The van der Waals surface area contributed by atoms with E-state index in [1.54, 1.807) is 42.6 Å². The van der Waals surface area contributed by atoms with Crippen molar-refractivity contribution in [2.45, 2.75) is 127 Å². The van der Waals surface area contributed by atoms with Crippen molar-refractivity contribution in [3.8, 4) is 0 Å². The highest BCUT2D eigenvalue weighted by atomic mass is 16.2. The Morgan fingerprint density at radius 1 is 0.753 bits per heavy atom. The molecule has 414 valence electrons. The number of H-pyrrole nitrogens is 2. The number of para-hydroxylation sites is 1. The van der Waals surface area contributed by atoms with Gasteiger partial charge in [0.05, 0.1) is 6.33 Å². The second-order valence-corrected chi connectivity index (χ2v) is 18.6. The van der Waals surface area contributed by atoms with Crippen molar-refractivity contribution in [1.29, 1.82) is 0 Å². The molecule has 26 heteroatoms. The zero-order chi connectivity index (χ0) is 55.9. The van der Waals surface area contributed by atoms with E-state index in [2.05, 4.69) is 67.8 Å². The summed E-state index contributed by atoms with van der Waals surface area (Å²) in [5, 5.41) is 24.5. The number of nitrogens with zero attached hydrogens (tertiary/aromatic N) is 2. The van der Waals surface area contributed by atoms with E-state index in [1.807, 2.05) is 25.1 Å². The van der Waals surface area contributed by atoms with Crippen LogP contribution in [-0.2, 0) is 67.2 Å². The molecule has 0 aliphatic carbocycles. The minimum Gasteiger partial charge on any atom is -0.370 e. The highest BCUT2D eigenvalue weighted by Gasteiger charge is 2.35. The molecule has 77 heavy (non-hydrogen) atoms. The van der Waals surface area contributed by atoms with Crippen LogP contribution in [0, 0.1) is 0 Å². The van der Waals surface area contributed by atoms with Crippen molar-refractivity contribution >= 4 is 75.9 Å². The van der Waals surface area contributed by atoms with Crippen molar-refractivity contribution in [1.82, 2.24) is 62.8 Å². The molecule has 1 aliphatic heterocycles. The Bertz CT molecular complexity index is 2710. The van der Waals surface area contributed by atoms with Crippen molar-refractivity contribution in [3.05, 3.63) is 90.1 Å². The highest BCUT2D eigenvalue weighted by Crippen LogP contribution is 2.19. The number of aromatic nitrogens is 3. The Labute approximate surface area is 444 Å². The molecule has 17 N–H and O–H groups in total. The molecule has 1 aliphatic rings. The van der Waals surface area contributed by atoms with Gasteiger partial charge in [0.1, 0.15) is 42.3 Å².